The maximum absolute atomic E-state index is 10.2. The maximum Gasteiger partial charge on any atom is 0.119 e. The molecule has 2 aromatic carbocycles. The Labute approximate surface area is 257 Å². The van der Waals surface area contributed by atoms with E-state index >= 15 is 0 Å². The maximum atomic E-state index is 10.2. The zero-order valence-corrected chi connectivity index (χ0v) is 27.0. The smallest absolute Gasteiger partial charge is 0.119 e. The van der Waals surface area contributed by atoms with Crippen LogP contribution in [0.2, 0.25) is 0 Å². The van der Waals surface area contributed by atoms with Gasteiger partial charge in [-0.1, -0.05) is 89.5 Å². The SMILES string of the molecule is CCCN(CCCCCCCCCCCCN(CCC)[C@H]1CCc2c(O)cccc2C1)[C@H]1CCc2c(O)cccc2C1. The van der Waals surface area contributed by atoms with E-state index in [2.05, 4.69) is 35.8 Å². The monoisotopic (exact) mass is 576 g/mol. The summed E-state index contributed by atoms with van der Waals surface area (Å²) >= 11 is 0. The van der Waals surface area contributed by atoms with Crippen molar-refractivity contribution in [1.82, 2.24) is 9.80 Å². The first-order chi connectivity index (χ1) is 20.6. The number of hydrogen-bond acceptors (Lipinski definition) is 4. The van der Waals surface area contributed by atoms with Crippen LogP contribution >= 0.6 is 0 Å². The van der Waals surface area contributed by atoms with Gasteiger partial charge in [0.05, 0.1) is 0 Å². The van der Waals surface area contributed by atoms with Crippen LogP contribution < -0.4 is 0 Å². The minimum atomic E-state index is 0.496. The second-order valence-electron chi connectivity index (χ2n) is 13.2. The lowest BCUT2D eigenvalue weighted by Crippen LogP contribution is -2.40. The molecule has 0 unspecified atom stereocenters. The van der Waals surface area contributed by atoms with Crippen molar-refractivity contribution >= 4 is 0 Å². The third-order valence-corrected chi connectivity index (χ3v) is 10.1. The van der Waals surface area contributed by atoms with Crippen LogP contribution in [-0.2, 0) is 25.7 Å². The summed E-state index contributed by atoms with van der Waals surface area (Å²) < 4.78 is 0. The fourth-order valence-electron chi connectivity index (χ4n) is 7.73. The molecule has 0 saturated heterocycles. The Balaban J connectivity index is 1.02. The van der Waals surface area contributed by atoms with Crippen molar-refractivity contribution in [1.29, 1.82) is 0 Å². The highest BCUT2D eigenvalue weighted by Gasteiger charge is 2.26. The van der Waals surface area contributed by atoms with E-state index < -0.39 is 0 Å². The van der Waals surface area contributed by atoms with Gasteiger partial charge in [-0.25, -0.2) is 0 Å². The molecular formula is C38H60N2O2. The second kappa shape index (κ2) is 17.9. The van der Waals surface area contributed by atoms with Crippen LogP contribution in [0.3, 0.4) is 0 Å². The van der Waals surface area contributed by atoms with Gasteiger partial charge in [-0.05, 0) is 125 Å². The molecule has 0 bridgehead atoms. The Bertz CT molecular complexity index is 970. The summed E-state index contributed by atoms with van der Waals surface area (Å²) in [5, 5.41) is 20.4. The lowest BCUT2D eigenvalue weighted by atomic mass is 9.86. The van der Waals surface area contributed by atoms with Gasteiger partial charge in [-0.2, -0.15) is 0 Å². The van der Waals surface area contributed by atoms with E-state index in [-0.39, 0.29) is 0 Å². The van der Waals surface area contributed by atoms with E-state index in [9.17, 15) is 10.2 Å². The molecule has 2 atom stereocenters. The summed E-state index contributed by atoms with van der Waals surface area (Å²) in [6, 6.07) is 13.4. The van der Waals surface area contributed by atoms with E-state index in [0.29, 0.717) is 23.6 Å². The van der Waals surface area contributed by atoms with E-state index in [0.717, 1.165) is 25.7 Å². The van der Waals surface area contributed by atoms with Crippen LogP contribution in [0.1, 0.15) is 126 Å². The first-order valence-corrected chi connectivity index (χ1v) is 17.7. The molecule has 4 heteroatoms. The van der Waals surface area contributed by atoms with Crippen molar-refractivity contribution in [3.05, 3.63) is 58.7 Å². The van der Waals surface area contributed by atoms with E-state index in [1.165, 1.54) is 138 Å². The number of fused-ring (bicyclic) bond motifs is 2. The molecule has 2 N–H and O–H groups in total. The molecule has 0 spiro atoms. The molecule has 4 nitrogen and oxygen atoms in total. The Morgan fingerprint density at radius 3 is 1.31 bits per heavy atom. The van der Waals surface area contributed by atoms with Crippen LogP contribution in [0.15, 0.2) is 36.4 Å². The third-order valence-electron chi connectivity index (χ3n) is 10.1. The summed E-state index contributed by atoms with van der Waals surface area (Å²) in [7, 11) is 0. The Morgan fingerprint density at radius 2 is 0.929 bits per heavy atom. The molecule has 0 saturated carbocycles. The van der Waals surface area contributed by atoms with Gasteiger partial charge in [0.2, 0.25) is 0 Å². The lowest BCUT2D eigenvalue weighted by molar-refractivity contribution is 0.175. The average molecular weight is 577 g/mol. The number of phenolic OH excluding ortho intramolecular Hbond substituents is 2. The molecule has 2 aliphatic rings. The fraction of sp³-hybridized carbons (Fsp3) is 0.684. The van der Waals surface area contributed by atoms with Crippen molar-refractivity contribution in [2.75, 3.05) is 26.2 Å². The average Bonchev–Trinajstić information content (AvgIpc) is 3.00. The first-order valence-electron chi connectivity index (χ1n) is 17.7. The molecule has 234 valence electrons. The van der Waals surface area contributed by atoms with Crippen molar-refractivity contribution in [2.45, 2.75) is 142 Å². The first kappa shape index (κ1) is 32.9. The van der Waals surface area contributed by atoms with Crippen LogP contribution in [0, 0.1) is 0 Å². The fourth-order valence-corrected chi connectivity index (χ4v) is 7.73. The van der Waals surface area contributed by atoms with E-state index in [1.54, 1.807) is 0 Å². The molecule has 0 aliphatic heterocycles. The second-order valence-corrected chi connectivity index (χ2v) is 13.2. The Hall–Kier alpha value is -2.04. The number of benzene rings is 2. The number of aromatic hydroxyl groups is 2. The number of nitrogens with zero attached hydrogens (tertiary/aromatic N) is 2. The lowest BCUT2D eigenvalue weighted by Gasteiger charge is -2.35. The minimum absolute atomic E-state index is 0.496. The van der Waals surface area contributed by atoms with Gasteiger partial charge in [0.15, 0.2) is 0 Å². The summed E-state index contributed by atoms with van der Waals surface area (Å²) in [6.45, 7) is 9.48. The highest BCUT2D eigenvalue weighted by atomic mass is 16.3. The molecular weight excluding hydrogens is 516 g/mol. The predicted molar refractivity (Wildman–Crippen MR) is 178 cm³/mol. The summed E-state index contributed by atoms with van der Waals surface area (Å²) in [4.78, 5) is 5.49. The van der Waals surface area contributed by atoms with Crippen LogP contribution in [0.5, 0.6) is 11.5 Å². The number of hydrogen-bond donors (Lipinski definition) is 2. The zero-order chi connectivity index (χ0) is 29.6. The van der Waals surface area contributed by atoms with Crippen LogP contribution in [-0.4, -0.2) is 58.3 Å². The number of rotatable bonds is 19. The molecule has 4 rings (SSSR count). The summed E-state index contributed by atoms with van der Waals surface area (Å²) in [5.41, 5.74) is 5.11. The molecule has 0 fully saturated rings. The predicted octanol–water partition coefficient (Wildman–Crippen LogP) is 8.84. The standard InChI is InChI=1S/C38H60N2O2/c1-3-25-39(33-21-23-35-31(29-33)17-15-19-37(35)41)27-13-11-9-7-5-6-8-10-12-14-28-40(26-4-2)34-22-24-36-32(30-34)18-16-20-38(36)42/h15-20,33-34,41-42H,3-14,21-30H2,1-2H3/t33-,34-/m0/s1. The molecule has 0 amide bonds. The third kappa shape index (κ3) is 9.74. The summed E-state index contributed by atoms with van der Waals surface area (Å²) in [5.74, 6) is 0.993. The molecule has 0 aromatic heterocycles. The Kier molecular flexibility index (Phi) is 14.0. The van der Waals surface area contributed by atoms with Crippen LogP contribution in [0.25, 0.3) is 0 Å². The summed E-state index contributed by atoms with van der Waals surface area (Å²) in [6.07, 6.45) is 22.8. The van der Waals surface area contributed by atoms with Gasteiger partial charge < -0.3 is 20.0 Å². The van der Waals surface area contributed by atoms with Gasteiger partial charge in [0.1, 0.15) is 11.5 Å². The van der Waals surface area contributed by atoms with E-state index in [1.807, 2.05) is 24.3 Å². The Morgan fingerprint density at radius 1 is 0.548 bits per heavy atom. The van der Waals surface area contributed by atoms with Gasteiger partial charge in [0, 0.05) is 12.1 Å². The number of unbranched alkanes of at least 4 members (excludes halogenated alkanes) is 9. The number of phenols is 2. The highest BCUT2D eigenvalue weighted by Crippen LogP contribution is 2.32. The highest BCUT2D eigenvalue weighted by molar-refractivity contribution is 5.42. The van der Waals surface area contributed by atoms with Gasteiger partial charge in [0.25, 0.3) is 0 Å². The molecule has 0 radical (unpaired) electrons. The van der Waals surface area contributed by atoms with Gasteiger partial charge in [-0.3, -0.25) is 0 Å². The van der Waals surface area contributed by atoms with Crippen molar-refractivity contribution in [3.63, 3.8) is 0 Å². The van der Waals surface area contributed by atoms with Gasteiger partial charge in [-0.15, -0.1) is 0 Å². The molecule has 42 heavy (non-hydrogen) atoms. The normalized spacial score (nSPS) is 18.4. The van der Waals surface area contributed by atoms with E-state index in [4.69, 9.17) is 0 Å². The van der Waals surface area contributed by atoms with Crippen molar-refractivity contribution in [2.24, 2.45) is 0 Å². The van der Waals surface area contributed by atoms with Crippen molar-refractivity contribution < 1.29 is 10.2 Å². The molecule has 2 aromatic rings. The topological polar surface area (TPSA) is 46.9 Å². The minimum Gasteiger partial charge on any atom is -0.508 e. The quantitative estimate of drug-likeness (QED) is 0.164. The largest absolute Gasteiger partial charge is 0.508 e. The van der Waals surface area contributed by atoms with Gasteiger partial charge >= 0.3 is 0 Å². The molecule has 2 aliphatic carbocycles. The zero-order valence-electron chi connectivity index (χ0n) is 27.0. The van der Waals surface area contributed by atoms with Crippen molar-refractivity contribution in [3.8, 4) is 11.5 Å². The molecule has 0 heterocycles. The van der Waals surface area contributed by atoms with Crippen LogP contribution in [0.4, 0.5) is 0 Å².